The van der Waals surface area contributed by atoms with Crippen molar-refractivity contribution in [1.82, 2.24) is 5.32 Å². The van der Waals surface area contributed by atoms with Crippen LogP contribution in [0, 0.1) is 12.3 Å². The van der Waals surface area contributed by atoms with E-state index in [1.807, 2.05) is 13.0 Å². The number of hydrogen-bond acceptors (Lipinski definition) is 1. The van der Waals surface area contributed by atoms with Crippen molar-refractivity contribution in [3.8, 4) is 0 Å². The van der Waals surface area contributed by atoms with E-state index in [1.54, 1.807) is 12.1 Å². The number of aryl methyl sites for hydroxylation is 1. The minimum atomic E-state index is -0.0489. The maximum absolute atomic E-state index is 12.2. The zero-order valence-electron chi connectivity index (χ0n) is 11.7. The summed E-state index contributed by atoms with van der Waals surface area (Å²) in [6.07, 6.45) is 2.06. The van der Waals surface area contributed by atoms with Gasteiger partial charge in [0.2, 0.25) is 0 Å². The van der Waals surface area contributed by atoms with E-state index in [0.717, 1.165) is 23.7 Å². The third-order valence-corrected chi connectivity index (χ3v) is 5.28. The third kappa shape index (κ3) is 4.22. The first-order chi connectivity index (χ1) is 8.98. The number of carbonyl (C=O) groups excluding carboxylic acids is 1. The van der Waals surface area contributed by atoms with Crippen LogP contribution in [0.15, 0.2) is 18.2 Å². The van der Waals surface area contributed by atoms with E-state index in [1.165, 1.54) is 0 Å². The van der Waals surface area contributed by atoms with Crippen molar-refractivity contribution in [3.05, 3.63) is 34.3 Å². The lowest BCUT2D eigenvalue weighted by Crippen LogP contribution is -2.38. The summed E-state index contributed by atoms with van der Waals surface area (Å²) in [5.41, 5.74) is 1.73. The Bertz CT molecular complexity index is 436. The monoisotopic (exact) mass is 345 g/mol. The molecule has 0 aromatic heterocycles. The molecule has 1 N–H and O–H groups in total. The number of hydrogen-bond donors (Lipinski definition) is 1. The first kappa shape index (κ1) is 16.5. The summed E-state index contributed by atoms with van der Waals surface area (Å²) in [7, 11) is 0. The van der Waals surface area contributed by atoms with Crippen LogP contribution in [0.3, 0.4) is 0 Å². The van der Waals surface area contributed by atoms with Gasteiger partial charge in [-0.3, -0.25) is 4.79 Å². The lowest BCUT2D eigenvalue weighted by Gasteiger charge is -2.29. The largest absolute Gasteiger partial charge is 0.351 e. The van der Waals surface area contributed by atoms with Gasteiger partial charge in [0.05, 0.1) is 0 Å². The molecular weight excluding hydrogens is 326 g/mol. The second-order valence-electron chi connectivity index (χ2n) is 4.98. The highest BCUT2D eigenvalue weighted by molar-refractivity contribution is 9.09. The molecule has 0 unspecified atom stereocenters. The van der Waals surface area contributed by atoms with Crippen molar-refractivity contribution < 1.29 is 4.79 Å². The molecule has 0 fully saturated rings. The zero-order valence-corrected chi connectivity index (χ0v) is 14.1. The van der Waals surface area contributed by atoms with Crippen molar-refractivity contribution in [1.29, 1.82) is 0 Å². The standard InChI is InChI=1S/C15H21BrClNO/c1-4-15(5-2,9-16)10-18-14(19)13-8-12(17)7-6-11(13)3/h6-8H,4-5,9-10H2,1-3H3,(H,18,19). The van der Waals surface area contributed by atoms with Gasteiger partial charge in [-0.25, -0.2) is 0 Å². The van der Waals surface area contributed by atoms with Crippen LogP contribution in [-0.4, -0.2) is 17.8 Å². The molecule has 1 amide bonds. The molecule has 0 aliphatic rings. The Morgan fingerprint density at radius 3 is 2.53 bits per heavy atom. The van der Waals surface area contributed by atoms with E-state index in [2.05, 4.69) is 35.1 Å². The minimum Gasteiger partial charge on any atom is -0.351 e. The molecule has 19 heavy (non-hydrogen) atoms. The number of nitrogens with one attached hydrogen (secondary N) is 1. The fraction of sp³-hybridized carbons (Fsp3) is 0.533. The Morgan fingerprint density at radius 1 is 1.37 bits per heavy atom. The van der Waals surface area contributed by atoms with E-state index >= 15 is 0 Å². The predicted octanol–water partition coefficient (Wildman–Crippen LogP) is 4.58. The lowest BCUT2D eigenvalue weighted by molar-refractivity contribution is 0.0932. The van der Waals surface area contributed by atoms with Crippen molar-refractivity contribution in [2.24, 2.45) is 5.41 Å². The molecule has 0 bridgehead atoms. The Labute approximate surface area is 129 Å². The van der Waals surface area contributed by atoms with Crippen LogP contribution in [0.4, 0.5) is 0 Å². The van der Waals surface area contributed by atoms with Gasteiger partial charge < -0.3 is 5.32 Å². The topological polar surface area (TPSA) is 29.1 Å². The van der Waals surface area contributed by atoms with Gasteiger partial charge in [0.15, 0.2) is 0 Å². The number of amides is 1. The van der Waals surface area contributed by atoms with Gasteiger partial charge in [-0.1, -0.05) is 47.4 Å². The van der Waals surface area contributed by atoms with Crippen molar-refractivity contribution in [2.45, 2.75) is 33.6 Å². The molecule has 0 spiro atoms. The Kier molecular flexibility index (Phi) is 6.34. The number of halogens is 2. The van der Waals surface area contributed by atoms with E-state index < -0.39 is 0 Å². The summed E-state index contributed by atoms with van der Waals surface area (Å²) >= 11 is 9.50. The maximum atomic E-state index is 12.2. The third-order valence-electron chi connectivity index (χ3n) is 3.85. The highest BCUT2D eigenvalue weighted by Crippen LogP contribution is 2.28. The molecule has 0 heterocycles. The van der Waals surface area contributed by atoms with E-state index in [9.17, 15) is 4.79 Å². The first-order valence-corrected chi connectivity index (χ1v) is 8.08. The summed E-state index contributed by atoms with van der Waals surface area (Å²) in [4.78, 5) is 12.2. The summed E-state index contributed by atoms with van der Waals surface area (Å²) < 4.78 is 0. The average Bonchev–Trinajstić information content (AvgIpc) is 2.43. The molecule has 0 saturated heterocycles. The van der Waals surface area contributed by atoms with Crippen LogP contribution < -0.4 is 5.32 Å². The minimum absolute atomic E-state index is 0.0489. The van der Waals surface area contributed by atoms with Gasteiger partial charge in [0.25, 0.3) is 5.91 Å². The predicted molar refractivity (Wildman–Crippen MR) is 85.3 cm³/mol. The fourth-order valence-electron chi connectivity index (χ4n) is 1.94. The summed E-state index contributed by atoms with van der Waals surface area (Å²) in [6.45, 7) is 6.90. The van der Waals surface area contributed by atoms with Crippen LogP contribution >= 0.6 is 27.5 Å². The van der Waals surface area contributed by atoms with Gasteiger partial charge in [-0.15, -0.1) is 0 Å². The highest BCUT2D eigenvalue weighted by atomic mass is 79.9. The summed E-state index contributed by atoms with van der Waals surface area (Å²) in [5.74, 6) is -0.0489. The average molecular weight is 347 g/mol. The van der Waals surface area contributed by atoms with E-state index in [-0.39, 0.29) is 11.3 Å². The molecule has 1 rings (SSSR count). The number of rotatable bonds is 6. The maximum Gasteiger partial charge on any atom is 0.251 e. The highest BCUT2D eigenvalue weighted by Gasteiger charge is 2.25. The smallest absolute Gasteiger partial charge is 0.251 e. The lowest BCUT2D eigenvalue weighted by atomic mass is 9.84. The van der Waals surface area contributed by atoms with Crippen LogP contribution in [-0.2, 0) is 0 Å². The molecule has 1 aromatic rings. The van der Waals surface area contributed by atoms with Crippen LogP contribution in [0.1, 0.15) is 42.6 Å². The molecule has 0 saturated carbocycles. The molecule has 4 heteroatoms. The van der Waals surface area contributed by atoms with E-state index in [4.69, 9.17) is 11.6 Å². The molecule has 0 atom stereocenters. The van der Waals surface area contributed by atoms with Gasteiger partial charge in [-0.05, 0) is 42.9 Å². The number of alkyl halides is 1. The quantitative estimate of drug-likeness (QED) is 0.751. The Balaban J connectivity index is 2.77. The van der Waals surface area contributed by atoms with Gasteiger partial charge in [0, 0.05) is 22.5 Å². The first-order valence-electron chi connectivity index (χ1n) is 6.58. The van der Waals surface area contributed by atoms with E-state index in [0.29, 0.717) is 17.1 Å². The van der Waals surface area contributed by atoms with Crippen LogP contribution in [0.2, 0.25) is 5.02 Å². The Morgan fingerprint density at radius 2 is 2.00 bits per heavy atom. The molecule has 0 aliphatic carbocycles. The Hall–Kier alpha value is -0.540. The molecule has 1 aromatic carbocycles. The molecular formula is C15H21BrClNO. The summed E-state index contributed by atoms with van der Waals surface area (Å²) in [6, 6.07) is 5.39. The van der Waals surface area contributed by atoms with Crippen LogP contribution in [0.25, 0.3) is 0 Å². The van der Waals surface area contributed by atoms with Crippen LogP contribution in [0.5, 0.6) is 0 Å². The molecule has 2 nitrogen and oxygen atoms in total. The van der Waals surface area contributed by atoms with Gasteiger partial charge in [0.1, 0.15) is 0 Å². The fourth-order valence-corrected chi connectivity index (χ4v) is 3.10. The molecule has 0 radical (unpaired) electrons. The number of benzene rings is 1. The number of carbonyl (C=O) groups is 1. The summed E-state index contributed by atoms with van der Waals surface area (Å²) in [5, 5.41) is 4.51. The molecule has 106 valence electrons. The zero-order chi connectivity index (χ0) is 14.5. The molecule has 0 aliphatic heterocycles. The van der Waals surface area contributed by atoms with Crippen molar-refractivity contribution in [3.63, 3.8) is 0 Å². The van der Waals surface area contributed by atoms with Gasteiger partial charge >= 0.3 is 0 Å². The van der Waals surface area contributed by atoms with Gasteiger partial charge in [-0.2, -0.15) is 0 Å². The normalized spacial score (nSPS) is 11.4. The SMILES string of the molecule is CCC(CC)(CBr)CNC(=O)c1cc(Cl)ccc1C. The van der Waals surface area contributed by atoms with Crippen molar-refractivity contribution in [2.75, 3.05) is 11.9 Å². The second-order valence-corrected chi connectivity index (χ2v) is 5.98. The van der Waals surface area contributed by atoms with Crippen molar-refractivity contribution >= 4 is 33.4 Å². The second kappa shape index (κ2) is 7.30.